The summed E-state index contributed by atoms with van der Waals surface area (Å²) in [5.41, 5.74) is 4.33. The lowest BCUT2D eigenvalue weighted by atomic mass is 10.0. The van der Waals surface area contributed by atoms with E-state index in [0.29, 0.717) is 16.8 Å². The molecule has 6 nitrogen and oxygen atoms in total. The number of likely N-dealkylation sites (tertiary alicyclic amines) is 1. The number of sulfone groups is 1. The Kier molecular flexibility index (Phi) is 8.07. The van der Waals surface area contributed by atoms with Crippen molar-refractivity contribution in [3.63, 3.8) is 0 Å². The van der Waals surface area contributed by atoms with Gasteiger partial charge in [0.15, 0.2) is 9.84 Å². The molecule has 1 aliphatic heterocycles. The number of fused-ring (bicyclic) bond motifs is 1. The zero-order valence-electron chi connectivity index (χ0n) is 23.4. The highest BCUT2D eigenvalue weighted by Crippen LogP contribution is 2.36. The number of rotatable bonds is 8. The molecule has 1 atom stereocenters. The topological polar surface area (TPSA) is 66.4 Å². The van der Waals surface area contributed by atoms with Crippen molar-refractivity contribution >= 4 is 32.1 Å². The Hall–Kier alpha value is -3.50. The summed E-state index contributed by atoms with van der Waals surface area (Å²) in [6.07, 6.45) is -1.24. The molecule has 0 radical (unpaired) electrons. The van der Waals surface area contributed by atoms with Gasteiger partial charge in [0.05, 0.1) is 10.4 Å². The summed E-state index contributed by atoms with van der Waals surface area (Å²) in [7, 11) is -1.18. The third-order valence-corrected chi connectivity index (χ3v) is 8.86. The molecule has 0 bridgehead atoms. The summed E-state index contributed by atoms with van der Waals surface area (Å²) in [6.45, 7) is 2.87. The van der Waals surface area contributed by atoms with Crippen molar-refractivity contribution < 1.29 is 21.6 Å². The van der Waals surface area contributed by atoms with Crippen molar-refractivity contribution in [2.45, 2.75) is 49.5 Å². The Morgan fingerprint density at radius 1 is 0.976 bits per heavy atom. The minimum atomic E-state index is -4.37. The molecule has 1 aromatic heterocycles. The van der Waals surface area contributed by atoms with Gasteiger partial charge in [0, 0.05) is 40.8 Å². The van der Waals surface area contributed by atoms with E-state index in [0.717, 1.165) is 48.3 Å². The lowest BCUT2D eigenvalue weighted by Gasteiger charge is -2.30. The van der Waals surface area contributed by atoms with Crippen LogP contribution >= 0.6 is 0 Å². The van der Waals surface area contributed by atoms with Gasteiger partial charge in [0.1, 0.15) is 6.54 Å². The SMILES string of the molecule is CC(Nc1ccc(S(C)(=O)=O)cc1)c1ccc(-c2cc3c(NC4CCN(C)CC4)cccc3n2CC(F)(F)F)cc1. The molecule has 1 fully saturated rings. The average molecular weight is 585 g/mol. The maximum absolute atomic E-state index is 13.7. The number of alkyl halides is 3. The molecular formula is C31H35F3N4O2S. The number of nitrogens with zero attached hydrogens (tertiary/aromatic N) is 2. The lowest BCUT2D eigenvalue weighted by molar-refractivity contribution is -0.139. The highest BCUT2D eigenvalue weighted by atomic mass is 32.2. The number of nitrogens with one attached hydrogen (secondary N) is 2. The van der Waals surface area contributed by atoms with Crippen LogP contribution in [0.5, 0.6) is 0 Å². The van der Waals surface area contributed by atoms with Crippen LogP contribution in [0.2, 0.25) is 0 Å². The number of piperidine rings is 1. The number of aromatic nitrogens is 1. The average Bonchev–Trinajstić information content (AvgIpc) is 3.27. The lowest BCUT2D eigenvalue weighted by Crippen LogP contribution is -2.36. The van der Waals surface area contributed by atoms with Gasteiger partial charge in [-0.25, -0.2) is 8.42 Å². The van der Waals surface area contributed by atoms with Gasteiger partial charge in [-0.15, -0.1) is 0 Å². The van der Waals surface area contributed by atoms with E-state index in [1.165, 1.54) is 10.8 Å². The maximum Gasteiger partial charge on any atom is 0.406 e. The van der Waals surface area contributed by atoms with Crippen LogP contribution in [0.4, 0.5) is 24.5 Å². The monoisotopic (exact) mass is 584 g/mol. The fourth-order valence-electron chi connectivity index (χ4n) is 5.45. The van der Waals surface area contributed by atoms with Crippen molar-refractivity contribution in [2.24, 2.45) is 0 Å². The van der Waals surface area contributed by atoms with Crippen LogP contribution in [-0.2, 0) is 16.4 Å². The summed E-state index contributed by atoms with van der Waals surface area (Å²) in [5, 5.41) is 7.72. The van der Waals surface area contributed by atoms with Crippen LogP contribution in [0.3, 0.4) is 0 Å². The minimum Gasteiger partial charge on any atom is -0.382 e. The fraction of sp³-hybridized carbons (Fsp3) is 0.355. The van der Waals surface area contributed by atoms with E-state index in [1.54, 1.807) is 30.3 Å². The Morgan fingerprint density at radius 2 is 1.63 bits per heavy atom. The van der Waals surface area contributed by atoms with Gasteiger partial charge in [0.25, 0.3) is 0 Å². The molecule has 4 aromatic rings. The van der Waals surface area contributed by atoms with Crippen molar-refractivity contribution in [2.75, 3.05) is 37.0 Å². The molecule has 218 valence electrons. The molecular weight excluding hydrogens is 549 g/mol. The number of anilines is 2. The summed E-state index contributed by atoms with van der Waals surface area (Å²) in [5.74, 6) is 0. The Balaban J connectivity index is 1.42. The minimum absolute atomic E-state index is 0.112. The molecule has 2 heterocycles. The highest BCUT2D eigenvalue weighted by molar-refractivity contribution is 7.90. The second-order valence-corrected chi connectivity index (χ2v) is 13.0. The number of benzene rings is 3. The van der Waals surface area contributed by atoms with E-state index in [1.807, 2.05) is 49.4 Å². The number of hydrogen-bond donors (Lipinski definition) is 2. The molecule has 2 N–H and O–H groups in total. The molecule has 1 saturated heterocycles. The van der Waals surface area contributed by atoms with Crippen LogP contribution in [0.25, 0.3) is 22.2 Å². The van der Waals surface area contributed by atoms with Gasteiger partial charge in [-0.1, -0.05) is 30.3 Å². The van der Waals surface area contributed by atoms with E-state index >= 15 is 0 Å². The van der Waals surface area contributed by atoms with Crippen LogP contribution in [0.1, 0.15) is 31.4 Å². The molecule has 0 spiro atoms. The fourth-order valence-corrected chi connectivity index (χ4v) is 6.08. The predicted molar refractivity (Wildman–Crippen MR) is 159 cm³/mol. The molecule has 0 amide bonds. The third-order valence-electron chi connectivity index (χ3n) is 7.73. The van der Waals surface area contributed by atoms with E-state index in [4.69, 9.17) is 0 Å². The van der Waals surface area contributed by atoms with Crippen molar-refractivity contribution in [3.05, 3.63) is 78.4 Å². The zero-order valence-corrected chi connectivity index (χ0v) is 24.2. The summed E-state index contributed by atoms with van der Waals surface area (Å²) in [4.78, 5) is 2.53. The first kappa shape index (κ1) is 29.0. The number of halogens is 3. The largest absolute Gasteiger partial charge is 0.406 e. The number of hydrogen-bond acceptors (Lipinski definition) is 5. The molecule has 10 heteroatoms. The van der Waals surface area contributed by atoms with Gasteiger partial charge in [-0.05, 0) is 93.5 Å². The Labute approximate surface area is 239 Å². The van der Waals surface area contributed by atoms with E-state index in [2.05, 4.69) is 22.6 Å². The van der Waals surface area contributed by atoms with Gasteiger partial charge in [-0.3, -0.25) is 0 Å². The van der Waals surface area contributed by atoms with Gasteiger partial charge in [0.2, 0.25) is 0 Å². The van der Waals surface area contributed by atoms with Crippen molar-refractivity contribution in [1.29, 1.82) is 0 Å². The molecule has 0 aliphatic carbocycles. The van der Waals surface area contributed by atoms with Crippen molar-refractivity contribution in [1.82, 2.24) is 9.47 Å². The van der Waals surface area contributed by atoms with E-state index in [9.17, 15) is 21.6 Å². The van der Waals surface area contributed by atoms with Crippen LogP contribution in [0.15, 0.2) is 77.7 Å². The quantitative estimate of drug-likeness (QED) is 0.235. The standard InChI is InChI=1S/C31H35F3N4O2S/c1-21(35-24-11-13-26(14-12-24)41(3,39)40)22-7-9-23(10-8-22)30-19-27-28(36-25-15-17-37(2)18-16-25)5-4-6-29(27)38(30)20-31(32,33)34/h4-14,19,21,25,35-36H,15-18,20H2,1-3H3. The molecule has 1 unspecified atom stereocenters. The Bertz CT molecular complexity index is 1610. The molecule has 41 heavy (non-hydrogen) atoms. The van der Waals surface area contributed by atoms with E-state index < -0.39 is 22.6 Å². The maximum atomic E-state index is 13.7. The molecule has 0 saturated carbocycles. The summed E-state index contributed by atoms with van der Waals surface area (Å²) < 4.78 is 66.0. The zero-order chi connectivity index (χ0) is 29.4. The van der Waals surface area contributed by atoms with E-state index in [-0.39, 0.29) is 17.0 Å². The first-order valence-corrected chi connectivity index (χ1v) is 15.6. The molecule has 5 rings (SSSR count). The van der Waals surface area contributed by atoms with Gasteiger partial charge >= 0.3 is 6.18 Å². The second-order valence-electron chi connectivity index (χ2n) is 11.0. The van der Waals surface area contributed by atoms with Gasteiger partial charge in [-0.2, -0.15) is 13.2 Å². The summed E-state index contributed by atoms with van der Waals surface area (Å²) in [6, 6.07) is 21.6. The normalized spacial score (nSPS) is 16.1. The van der Waals surface area contributed by atoms with Crippen LogP contribution in [-0.4, -0.2) is 56.5 Å². The van der Waals surface area contributed by atoms with Crippen molar-refractivity contribution in [3.8, 4) is 11.3 Å². The van der Waals surface area contributed by atoms with Crippen LogP contribution in [0, 0.1) is 0 Å². The third kappa shape index (κ3) is 6.87. The van der Waals surface area contributed by atoms with Crippen LogP contribution < -0.4 is 10.6 Å². The van der Waals surface area contributed by atoms with Gasteiger partial charge < -0.3 is 20.1 Å². The first-order valence-electron chi connectivity index (χ1n) is 13.7. The highest BCUT2D eigenvalue weighted by Gasteiger charge is 2.30. The summed E-state index contributed by atoms with van der Waals surface area (Å²) >= 11 is 0. The second kappa shape index (κ2) is 11.4. The Morgan fingerprint density at radius 3 is 2.24 bits per heavy atom. The first-order chi connectivity index (χ1) is 19.4. The molecule has 3 aromatic carbocycles. The molecule has 1 aliphatic rings. The smallest absolute Gasteiger partial charge is 0.382 e. The predicted octanol–water partition coefficient (Wildman–Crippen LogP) is 6.95.